The highest BCUT2D eigenvalue weighted by Gasteiger charge is 2.43. The molecule has 4 nitrogen and oxygen atoms in total. The molecule has 0 saturated heterocycles. The van der Waals surface area contributed by atoms with E-state index in [0.717, 1.165) is 25.7 Å². The third-order valence-corrected chi connectivity index (χ3v) is 6.56. The van der Waals surface area contributed by atoms with E-state index in [4.69, 9.17) is 5.73 Å². The fraction of sp³-hybridized carbons (Fsp3) is 0.600. The van der Waals surface area contributed by atoms with Gasteiger partial charge in [0.2, 0.25) is 10.0 Å². The van der Waals surface area contributed by atoms with Gasteiger partial charge in [-0.2, -0.15) is 4.31 Å². The SMILES string of the molecule is CC1CCCC(CN)(N(C)S(=O)(=O)c2ccc(F)cc2)C1. The summed E-state index contributed by atoms with van der Waals surface area (Å²) in [4.78, 5) is 0.109. The van der Waals surface area contributed by atoms with Crippen molar-refractivity contribution in [3.63, 3.8) is 0 Å². The minimum atomic E-state index is -3.66. The van der Waals surface area contributed by atoms with Crippen molar-refractivity contribution in [2.24, 2.45) is 11.7 Å². The average molecular weight is 314 g/mol. The minimum absolute atomic E-state index is 0.109. The maximum absolute atomic E-state index is 13.0. The summed E-state index contributed by atoms with van der Waals surface area (Å²) >= 11 is 0. The summed E-state index contributed by atoms with van der Waals surface area (Å²) < 4.78 is 39.9. The molecule has 0 heterocycles. The number of nitrogens with zero attached hydrogens (tertiary/aromatic N) is 1. The molecule has 2 rings (SSSR count). The Labute approximate surface area is 126 Å². The molecular formula is C15H23FN2O2S. The molecule has 21 heavy (non-hydrogen) atoms. The molecule has 2 atom stereocenters. The second kappa shape index (κ2) is 6.02. The predicted octanol–water partition coefficient (Wildman–Crippen LogP) is 2.35. The average Bonchev–Trinajstić information content (AvgIpc) is 2.46. The minimum Gasteiger partial charge on any atom is -0.329 e. The van der Waals surface area contributed by atoms with Crippen LogP contribution in [0.3, 0.4) is 0 Å². The smallest absolute Gasteiger partial charge is 0.243 e. The first kappa shape index (κ1) is 16.4. The summed E-state index contributed by atoms with van der Waals surface area (Å²) in [5.41, 5.74) is 5.40. The summed E-state index contributed by atoms with van der Waals surface area (Å²) in [6, 6.07) is 4.94. The Balaban J connectivity index is 2.36. The van der Waals surface area contributed by atoms with Gasteiger partial charge in [0.05, 0.1) is 4.90 Å². The Bertz CT molecular complexity index is 588. The molecule has 2 N–H and O–H groups in total. The van der Waals surface area contributed by atoms with Gasteiger partial charge in [-0.05, 0) is 43.0 Å². The van der Waals surface area contributed by atoms with Crippen LogP contribution in [0.15, 0.2) is 29.2 Å². The van der Waals surface area contributed by atoms with E-state index in [-0.39, 0.29) is 4.90 Å². The zero-order valence-electron chi connectivity index (χ0n) is 12.5. The van der Waals surface area contributed by atoms with Crippen LogP contribution in [0.5, 0.6) is 0 Å². The van der Waals surface area contributed by atoms with Gasteiger partial charge in [-0.25, -0.2) is 12.8 Å². The fourth-order valence-corrected chi connectivity index (χ4v) is 4.80. The second-order valence-corrected chi connectivity index (χ2v) is 8.03. The van der Waals surface area contributed by atoms with Gasteiger partial charge in [0.15, 0.2) is 0 Å². The quantitative estimate of drug-likeness (QED) is 0.928. The van der Waals surface area contributed by atoms with Crippen LogP contribution in [0, 0.1) is 11.7 Å². The molecule has 0 spiro atoms. The Morgan fingerprint density at radius 3 is 2.52 bits per heavy atom. The van der Waals surface area contributed by atoms with E-state index in [1.807, 2.05) is 0 Å². The van der Waals surface area contributed by atoms with Crippen molar-refractivity contribution in [3.05, 3.63) is 30.1 Å². The lowest BCUT2D eigenvalue weighted by molar-refractivity contribution is 0.128. The van der Waals surface area contributed by atoms with Crippen LogP contribution < -0.4 is 5.73 Å². The molecule has 1 aromatic carbocycles. The first-order chi connectivity index (χ1) is 9.82. The van der Waals surface area contributed by atoms with Gasteiger partial charge >= 0.3 is 0 Å². The highest BCUT2D eigenvalue weighted by molar-refractivity contribution is 7.89. The third-order valence-electron chi connectivity index (χ3n) is 4.59. The predicted molar refractivity (Wildman–Crippen MR) is 80.8 cm³/mol. The number of likely N-dealkylation sites (N-methyl/N-ethyl adjacent to an activating group) is 1. The molecule has 1 fully saturated rings. The Morgan fingerprint density at radius 2 is 2.00 bits per heavy atom. The van der Waals surface area contributed by atoms with Gasteiger partial charge in [0, 0.05) is 19.1 Å². The van der Waals surface area contributed by atoms with Crippen LogP contribution in [0.1, 0.15) is 32.6 Å². The normalized spacial score (nSPS) is 27.0. The first-order valence-electron chi connectivity index (χ1n) is 7.26. The van der Waals surface area contributed by atoms with E-state index in [1.54, 1.807) is 7.05 Å². The molecule has 0 amide bonds. The maximum Gasteiger partial charge on any atom is 0.243 e. The van der Waals surface area contributed by atoms with Crippen molar-refractivity contribution in [3.8, 4) is 0 Å². The van der Waals surface area contributed by atoms with Crippen molar-refractivity contribution in [2.45, 2.75) is 43.0 Å². The Hall–Kier alpha value is -0.980. The zero-order valence-corrected chi connectivity index (χ0v) is 13.4. The van der Waals surface area contributed by atoms with Crippen LogP contribution in [0.4, 0.5) is 4.39 Å². The van der Waals surface area contributed by atoms with Crippen molar-refractivity contribution < 1.29 is 12.8 Å². The molecule has 1 aliphatic carbocycles. The lowest BCUT2D eigenvalue weighted by Gasteiger charge is -2.45. The largest absolute Gasteiger partial charge is 0.329 e. The van der Waals surface area contributed by atoms with E-state index in [9.17, 15) is 12.8 Å². The monoisotopic (exact) mass is 314 g/mol. The lowest BCUT2D eigenvalue weighted by atomic mass is 9.76. The first-order valence-corrected chi connectivity index (χ1v) is 8.70. The number of nitrogens with two attached hydrogens (primary N) is 1. The third kappa shape index (κ3) is 3.12. The number of hydrogen-bond acceptors (Lipinski definition) is 3. The summed E-state index contributed by atoms with van der Waals surface area (Å²) in [5, 5.41) is 0. The Morgan fingerprint density at radius 1 is 1.38 bits per heavy atom. The molecular weight excluding hydrogens is 291 g/mol. The molecule has 1 saturated carbocycles. The molecule has 1 aromatic rings. The topological polar surface area (TPSA) is 63.4 Å². The van der Waals surface area contributed by atoms with Crippen molar-refractivity contribution in [1.82, 2.24) is 4.31 Å². The van der Waals surface area contributed by atoms with Crippen LogP contribution in [0.25, 0.3) is 0 Å². The van der Waals surface area contributed by atoms with Gasteiger partial charge < -0.3 is 5.73 Å². The molecule has 6 heteroatoms. The lowest BCUT2D eigenvalue weighted by Crippen LogP contribution is -2.56. The van der Waals surface area contributed by atoms with Crippen molar-refractivity contribution >= 4 is 10.0 Å². The van der Waals surface area contributed by atoms with Crippen LogP contribution >= 0.6 is 0 Å². The highest BCUT2D eigenvalue weighted by Crippen LogP contribution is 2.38. The molecule has 1 aliphatic rings. The molecule has 0 aromatic heterocycles. The number of sulfonamides is 1. The molecule has 0 bridgehead atoms. The van der Waals surface area contributed by atoms with Gasteiger partial charge in [-0.3, -0.25) is 0 Å². The second-order valence-electron chi connectivity index (χ2n) is 6.06. The van der Waals surface area contributed by atoms with Gasteiger partial charge in [-0.15, -0.1) is 0 Å². The van der Waals surface area contributed by atoms with Crippen LogP contribution in [-0.4, -0.2) is 31.9 Å². The number of hydrogen-bond donors (Lipinski definition) is 1. The molecule has 0 aliphatic heterocycles. The summed E-state index contributed by atoms with van der Waals surface area (Å²) in [5.74, 6) is 0.00426. The van der Waals surface area contributed by atoms with Gasteiger partial charge in [0.1, 0.15) is 5.82 Å². The van der Waals surface area contributed by atoms with E-state index in [1.165, 1.54) is 28.6 Å². The zero-order chi connectivity index (χ0) is 15.7. The van der Waals surface area contributed by atoms with Crippen molar-refractivity contribution in [2.75, 3.05) is 13.6 Å². The maximum atomic E-state index is 13.0. The van der Waals surface area contributed by atoms with Gasteiger partial charge in [-0.1, -0.05) is 19.8 Å². The number of halogens is 1. The summed E-state index contributed by atoms with van der Waals surface area (Å²) in [7, 11) is -2.08. The van der Waals surface area contributed by atoms with E-state index >= 15 is 0 Å². The van der Waals surface area contributed by atoms with Crippen LogP contribution in [0.2, 0.25) is 0 Å². The molecule has 118 valence electrons. The number of benzene rings is 1. The standard InChI is InChI=1S/C15H23FN2O2S/c1-12-4-3-9-15(10-12,11-17)18(2)21(19,20)14-7-5-13(16)6-8-14/h5-8,12H,3-4,9-11,17H2,1-2H3. The fourth-order valence-electron chi connectivity index (χ4n) is 3.25. The number of rotatable bonds is 4. The van der Waals surface area contributed by atoms with Crippen LogP contribution in [-0.2, 0) is 10.0 Å². The van der Waals surface area contributed by atoms with E-state index < -0.39 is 21.4 Å². The van der Waals surface area contributed by atoms with E-state index in [2.05, 4.69) is 6.92 Å². The molecule has 2 unspecified atom stereocenters. The Kier molecular flexibility index (Phi) is 4.70. The van der Waals surface area contributed by atoms with Gasteiger partial charge in [0.25, 0.3) is 0 Å². The molecule has 0 radical (unpaired) electrons. The van der Waals surface area contributed by atoms with Crippen molar-refractivity contribution in [1.29, 1.82) is 0 Å². The van der Waals surface area contributed by atoms with E-state index in [0.29, 0.717) is 12.5 Å². The summed E-state index contributed by atoms with van der Waals surface area (Å²) in [6.45, 7) is 2.43. The highest BCUT2D eigenvalue weighted by atomic mass is 32.2. The summed E-state index contributed by atoms with van der Waals surface area (Å²) in [6.07, 6.45) is 3.61.